The minimum absolute atomic E-state index is 0.135. The molecule has 0 fully saturated rings. The number of fused-ring (bicyclic) bond motifs is 1. The van der Waals surface area contributed by atoms with E-state index in [0.717, 1.165) is 36.0 Å². The number of benzene rings is 2. The quantitative estimate of drug-likeness (QED) is 0.205. The topological polar surface area (TPSA) is 96.8 Å². The molecule has 1 aliphatic rings. The van der Waals surface area contributed by atoms with Gasteiger partial charge in [0, 0.05) is 16.7 Å². The molecule has 2 heterocycles. The Bertz CT molecular complexity index is 1620. The van der Waals surface area contributed by atoms with E-state index in [1.54, 1.807) is 37.0 Å². The number of hydrogen-bond acceptors (Lipinski definition) is 7. The third-order valence-electron chi connectivity index (χ3n) is 7.74. The highest BCUT2D eigenvalue weighted by atomic mass is 32.1. The first kappa shape index (κ1) is 29.2. The summed E-state index contributed by atoms with van der Waals surface area (Å²) in [5, 5.41) is 13.1. The van der Waals surface area contributed by atoms with Crippen molar-refractivity contribution in [3.63, 3.8) is 0 Å². The minimum Gasteiger partial charge on any atom is -0.493 e. The van der Waals surface area contributed by atoms with Crippen LogP contribution in [0.1, 0.15) is 70.4 Å². The van der Waals surface area contributed by atoms with Gasteiger partial charge >= 0.3 is 0 Å². The van der Waals surface area contributed by atoms with Crippen LogP contribution in [0.5, 0.6) is 11.5 Å². The van der Waals surface area contributed by atoms with Crippen LogP contribution in [0.4, 0.5) is 5.00 Å². The van der Waals surface area contributed by atoms with Crippen molar-refractivity contribution < 1.29 is 18.7 Å². The van der Waals surface area contributed by atoms with Crippen molar-refractivity contribution in [2.45, 2.75) is 53.2 Å². The molecule has 0 radical (unpaired) electrons. The van der Waals surface area contributed by atoms with E-state index < -0.39 is 0 Å². The first-order valence-electron chi connectivity index (χ1n) is 14.0. The summed E-state index contributed by atoms with van der Waals surface area (Å²) >= 11 is 1.61. The Labute approximate surface area is 250 Å². The lowest BCUT2D eigenvalue weighted by Gasteiger charge is -2.33. The summed E-state index contributed by atoms with van der Waals surface area (Å²) in [5.74, 6) is 2.25. The van der Waals surface area contributed by atoms with E-state index in [1.165, 1.54) is 4.88 Å². The van der Waals surface area contributed by atoms with Gasteiger partial charge in [-0.25, -0.2) is 4.99 Å². The van der Waals surface area contributed by atoms with Gasteiger partial charge in [-0.2, -0.15) is 5.26 Å². The maximum absolute atomic E-state index is 13.5. The molecular weight excluding hydrogens is 546 g/mol. The molecule has 1 amide bonds. The molecule has 0 saturated heterocycles. The van der Waals surface area contributed by atoms with E-state index in [1.807, 2.05) is 48.5 Å². The molecule has 1 aliphatic carbocycles. The number of furan rings is 1. The number of nitrogens with one attached hydrogen (secondary N) is 1. The summed E-state index contributed by atoms with van der Waals surface area (Å²) in [7, 11) is 1.59. The average molecular weight is 582 g/mol. The standard InChI is InChI=1S/C34H35N3O4S/c1-34(2,3)25-12-13-27-30(17-25)42-33(31(27)32(38)36-20-26-10-7-15-40-26)37-19-22-11-14-28(29(16-22)39-4)41-21-24-9-6-5-8-23(24)18-35/h5-11,14-16,19,25H,12-13,17,20-21H2,1-4H3,(H,36,38)/t25-/m1/s1. The monoisotopic (exact) mass is 581 g/mol. The largest absolute Gasteiger partial charge is 0.493 e. The molecule has 0 bridgehead atoms. The third kappa shape index (κ3) is 6.58. The number of amides is 1. The Balaban J connectivity index is 1.39. The summed E-state index contributed by atoms with van der Waals surface area (Å²) in [6.45, 7) is 7.43. The summed E-state index contributed by atoms with van der Waals surface area (Å²) in [4.78, 5) is 19.6. The Morgan fingerprint density at radius 1 is 1.19 bits per heavy atom. The van der Waals surface area contributed by atoms with Gasteiger partial charge in [0.2, 0.25) is 0 Å². The summed E-state index contributed by atoms with van der Waals surface area (Å²) in [6, 6.07) is 18.8. The van der Waals surface area contributed by atoms with Crippen molar-refractivity contribution in [2.24, 2.45) is 16.3 Å². The number of nitrogens with zero attached hydrogens (tertiary/aromatic N) is 2. The smallest absolute Gasteiger partial charge is 0.255 e. The molecule has 8 heteroatoms. The average Bonchev–Trinajstić information content (AvgIpc) is 3.65. The number of ether oxygens (including phenoxy) is 2. The summed E-state index contributed by atoms with van der Waals surface area (Å²) in [6.07, 6.45) is 6.23. The minimum atomic E-state index is -0.135. The van der Waals surface area contributed by atoms with E-state index in [0.29, 0.717) is 45.8 Å². The Morgan fingerprint density at radius 2 is 2.02 bits per heavy atom. The predicted molar refractivity (Wildman–Crippen MR) is 165 cm³/mol. The fourth-order valence-corrected chi connectivity index (χ4v) is 6.50. The van der Waals surface area contributed by atoms with Gasteiger partial charge in [-0.3, -0.25) is 4.79 Å². The Morgan fingerprint density at radius 3 is 2.76 bits per heavy atom. The van der Waals surface area contributed by atoms with Crippen LogP contribution < -0.4 is 14.8 Å². The summed E-state index contributed by atoms with van der Waals surface area (Å²) < 4.78 is 17.0. The maximum Gasteiger partial charge on any atom is 0.255 e. The lowest BCUT2D eigenvalue weighted by molar-refractivity contribution is 0.0947. The van der Waals surface area contributed by atoms with Crippen molar-refractivity contribution in [1.82, 2.24) is 5.32 Å². The highest BCUT2D eigenvalue weighted by Crippen LogP contribution is 2.45. The van der Waals surface area contributed by atoms with Gasteiger partial charge in [-0.05, 0) is 78.1 Å². The number of carbonyl (C=O) groups excluding carboxylic acids is 1. The van der Waals surface area contributed by atoms with Crippen LogP contribution in [0.25, 0.3) is 0 Å². The first-order valence-corrected chi connectivity index (χ1v) is 14.9. The van der Waals surface area contributed by atoms with Crippen LogP contribution in [-0.4, -0.2) is 19.2 Å². The molecule has 2 aromatic carbocycles. The lowest BCUT2D eigenvalue weighted by Crippen LogP contribution is -2.28. The summed E-state index contributed by atoms with van der Waals surface area (Å²) in [5.41, 5.74) is 4.18. The van der Waals surface area contributed by atoms with Crippen molar-refractivity contribution in [3.05, 3.63) is 99.3 Å². The normalized spacial score (nSPS) is 14.8. The van der Waals surface area contributed by atoms with Crippen LogP contribution >= 0.6 is 11.3 Å². The molecule has 0 unspecified atom stereocenters. The van der Waals surface area contributed by atoms with Crippen molar-refractivity contribution in [2.75, 3.05) is 7.11 Å². The zero-order valence-electron chi connectivity index (χ0n) is 24.4. The lowest BCUT2D eigenvalue weighted by atomic mass is 9.72. The second-order valence-corrected chi connectivity index (χ2v) is 12.6. The second-order valence-electron chi connectivity index (χ2n) is 11.5. The van der Waals surface area contributed by atoms with Gasteiger partial charge in [0.25, 0.3) is 5.91 Å². The molecule has 0 aliphatic heterocycles. The highest BCUT2D eigenvalue weighted by molar-refractivity contribution is 7.16. The molecule has 7 nitrogen and oxygen atoms in total. The highest BCUT2D eigenvalue weighted by Gasteiger charge is 2.33. The number of nitriles is 1. The van der Waals surface area contributed by atoms with E-state index in [-0.39, 0.29) is 17.9 Å². The third-order valence-corrected chi connectivity index (χ3v) is 8.90. The van der Waals surface area contributed by atoms with E-state index in [9.17, 15) is 10.1 Å². The zero-order chi connectivity index (χ0) is 29.7. The van der Waals surface area contributed by atoms with Crippen molar-refractivity contribution in [3.8, 4) is 17.6 Å². The van der Waals surface area contributed by atoms with Crippen LogP contribution in [0, 0.1) is 22.7 Å². The first-order chi connectivity index (χ1) is 20.3. The fraction of sp³-hybridized carbons (Fsp3) is 0.324. The molecule has 1 N–H and O–H groups in total. The molecule has 42 heavy (non-hydrogen) atoms. The number of hydrogen-bond donors (Lipinski definition) is 1. The zero-order valence-corrected chi connectivity index (χ0v) is 25.2. The molecule has 4 aromatic rings. The van der Waals surface area contributed by atoms with E-state index in [4.69, 9.17) is 18.9 Å². The number of rotatable bonds is 9. The number of methoxy groups -OCH3 is 1. The van der Waals surface area contributed by atoms with Gasteiger partial charge in [0.1, 0.15) is 17.4 Å². The SMILES string of the molecule is COc1cc(C=Nc2sc3c(c2C(=O)NCc2ccco2)CC[C@@H](C(C)(C)C)C3)ccc1OCc1ccccc1C#N. The molecule has 5 rings (SSSR count). The number of aliphatic imine (C=N–C) groups is 1. The van der Waals surface area contributed by atoms with Crippen LogP contribution in [0.15, 0.2) is 70.3 Å². The fourth-order valence-electron chi connectivity index (χ4n) is 5.23. The molecule has 216 valence electrons. The Hall–Kier alpha value is -4.35. The molecule has 0 saturated carbocycles. The van der Waals surface area contributed by atoms with Crippen molar-refractivity contribution in [1.29, 1.82) is 5.26 Å². The van der Waals surface area contributed by atoms with Crippen LogP contribution in [0.3, 0.4) is 0 Å². The van der Waals surface area contributed by atoms with Crippen LogP contribution in [0.2, 0.25) is 0 Å². The molecule has 1 atom stereocenters. The van der Waals surface area contributed by atoms with Gasteiger partial charge in [-0.1, -0.05) is 39.0 Å². The van der Waals surface area contributed by atoms with E-state index in [2.05, 4.69) is 32.2 Å². The van der Waals surface area contributed by atoms with Gasteiger partial charge in [0.05, 0.1) is 37.1 Å². The van der Waals surface area contributed by atoms with Gasteiger partial charge in [0.15, 0.2) is 11.5 Å². The Kier molecular flexibility index (Phi) is 8.79. The van der Waals surface area contributed by atoms with Gasteiger partial charge < -0.3 is 19.2 Å². The second kappa shape index (κ2) is 12.7. The molecule has 0 spiro atoms. The van der Waals surface area contributed by atoms with Crippen LogP contribution in [-0.2, 0) is 26.0 Å². The molecular formula is C34H35N3O4S. The van der Waals surface area contributed by atoms with Crippen molar-refractivity contribution >= 4 is 28.5 Å². The maximum atomic E-state index is 13.5. The van der Waals surface area contributed by atoms with E-state index >= 15 is 0 Å². The predicted octanol–water partition coefficient (Wildman–Crippen LogP) is 7.63. The van der Waals surface area contributed by atoms with Gasteiger partial charge in [-0.15, -0.1) is 11.3 Å². The number of thiophene rings is 1. The number of carbonyl (C=O) groups is 1. The molecule has 2 aromatic heterocycles.